The van der Waals surface area contributed by atoms with E-state index in [0.717, 1.165) is 23.0 Å². The second-order valence-electron chi connectivity index (χ2n) is 5.64. The molecule has 2 N–H and O–H groups in total. The molecule has 1 aliphatic carbocycles. The van der Waals surface area contributed by atoms with Gasteiger partial charge in [0.1, 0.15) is 0 Å². The SMILES string of the molecule is NCC1(Cc2ccc(Br)cn2)CCCc2ccccc21. The number of benzene rings is 1. The zero-order valence-electron chi connectivity index (χ0n) is 11.5. The number of nitrogens with zero attached hydrogens (tertiary/aromatic N) is 1. The minimum atomic E-state index is 0.0513. The van der Waals surface area contributed by atoms with E-state index >= 15 is 0 Å². The third-order valence-electron chi connectivity index (χ3n) is 4.39. The summed E-state index contributed by atoms with van der Waals surface area (Å²) in [7, 11) is 0. The Morgan fingerprint density at radius 1 is 1.20 bits per heavy atom. The Morgan fingerprint density at radius 3 is 2.80 bits per heavy atom. The van der Waals surface area contributed by atoms with Gasteiger partial charge in [0.05, 0.1) is 0 Å². The number of aromatic nitrogens is 1. The van der Waals surface area contributed by atoms with Gasteiger partial charge >= 0.3 is 0 Å². The summed E-state index contributed by atoms with van der Waals surface area (Å²) in [6, 6.07) is 12.9. The van der Waals surface area contributed by atoms with Crippen LogP contribution in [0.5, 0.6) is 0 Å². The van der Waals surface area contributed by atoms with E-state index in [0.29, 0.717) is 6.54 Å². The van der Waals surface area contributed by atoms with Gasteiger partial charge in [0.2, 0.25) is 0 Å². The average molecular weight is 331 g/mol. The minimum Gasteiger partial charge on any atom is -0.330 e. The van der Waals surface area contributed by atoms with Gasteiger partial charge in [-0.1, -0.05) is 24.3 Å². The number of rotatable bonds is 3. The smallest absolute Gasteiger partial charge is 0.0413 e. The van der Waals surface area contributed by atoms with Crippen LogP contribution in [0.1, 0.15) is 29.7 Å². The van der Waals surface area contributed by atoms with E-state index in [-0.39, 0.29) is 5.41 Å². The molecule has 3 rings (SSSR count). The first kappa shape index (κ1) is 13.8. The second-order valence-corrected chi connectivity index (χ2v) is 6.56. The van der Waals surface area contributed by atoms with Crippen LogP contribution < -0.4 is 5.73 Å². The molecule has 0 fully saturated rings. The zero-order chi connectivity index (χ0) is 14.0. The molecule has 0 spiro atoms. The maximum Gasteiger partial charge on any atom is 0.0413 e. The molecule has 0 aliphatic heterocycles. The van der Waals surface area contributed by atoms with Crippen LogP contribution in [-0.4, -0.2) is 11.5 Å². The number of pyridine rings is 1. The Labute approximate surface area is 128 Å². The molecule has 104 valence electrons. The first-order valence-electron chi connectivity index (χ1n) is 7.12. The van der Waals surface area contributed by atoms with Gasteiger partial charge in [-0.2, -0.15) is 0 Å². The Bertz CT molecular complexity index is 594. The topological polar surface area (TPSA) is 38.9 Å². The lowest BCUT2D eigenvalue weighted by Crippen LogP contribution is -2.40. The molecule has 0 bridgehead atoms. The number of hydrogen-bond acceptors (Lipinski definition) is 2. The Morgan fingerprint density at radius 2 is 2.05 bits per heavy atom. The van der Waals surface area contributed by atoms with Gasteiger partial charge in [0, 0.05) is 34.7 Å². The number of halogens is 1. The van der Waals surface area contributed by atoms with Crippen molar-refractivity contribution in [3.63, 3.8) is 0 Å². The normalized spacial score (nSPS) is 21.5. The Hall–Kier alpha value is -1.19. The quantitative estimate of drug-likeness (QED) is 0.933. The third-order valence-corrected chi connectivity index (χ3v) is 4.86. The number of fused-ring (bicyclic) bond motifs is 1. The van der Waals surface area contributed by atoms with E-state index in [4.69, 9.17) is 5.73 Å². The van der Waals surface area contributed by atoms with E-state index < -0.39 is 0 Å². The molecule has 1 unspecified atom stereocenters. The maximum absolute atomic E-state index is 6.19. The fourth-order valence-electron chi connectivity index (χ4n) is 3.33. The lowest BCUT2D eigenvalue weighted by molar-refractivity contribution is 0.362. The number of nitrogens with two attached hydrogens (primary N) is 1. The summed E-state index contributed by atoms with van der Waals surface area (Å²) in [6.45, 7) is 0.682. The lowest BCUT2D eigenvalue weighted by atomic mass is 9.67. The molecular weight excluding hydrogens is 312 g/mol. The van der Waals surface area contributed by atoms with Crippen LogP contribution in [0.25, 0.3) is 0 Å². The van der Waals surface area contributed by atoms with Crippen molar-refractivity contribution in [2.45, 2.75) is 31.1 Å². The first-order chi connectivity index (χ1) is 9.73. The van der Waals surface area contributed by atoms with Gasteiger partial charge in [-0.15, -0.1) is 0 Å². The predicted molar refractivity (Wildman–Crippen MR) is 85.8 cm³/mol. The largest absolute Gasteiger partial charge is 0.330 e. The van der Waals surface area contributed by atoms with E-state index in [1.807, 2.05) is 6.20 Å². The van der Waals surface area contributed by atoms with Gasteiger partial charge in [0.25, 0.3) is 0 Å². The minimum absolute atomic E-state index is 0.0513. The van der Waals surface area contributed by atoms with Crippen LogP contribution >= 0.6 is 15.9 Å². The summed E-state index contributed by atoms with van der Waals surface area (Å²) in [5, 5.41) is 0. The molecule has 20 heavy (non-hydrogen) atoms. The van der Waals surface area contributed by atoms with Crippen LogP contribution in [0.15, 0.2) is 47.1 Å². The zero-order valence-corrected chi connectivity index (χ0v) is 13.1. The highest BCUT2D eigenvalue weighted by Crippen LogP contribution is 2.39. The van der Waals surface area contributed by atoms with Crippen molar-refractivity contribution in [1.82, 2.24) is 4.98 Å². The van der Waals surface area contributed by atoms with Gasteiger partial charge < -0.3 is 5.73 Å². The Balaban J connectivity index is 1.98. The van der Waals surface area contributed by atoms with E-state index in [1.54, 1.807) is 0 Å². The first-order valence-corrected chi connectivity index (χ1v) is 7.92. The van der Waals surface area contributed by atoms with Crippen LogP contribution in [0.4, 0.5) is 0 Å². The van der Waals surface area contributed by atoms with Crippen LogP contribution in [-0.2, 0) is 18.3 Å². The van der Waals surface area contributed by atoms with Gasteiger partial charge in [0.15, 0.2) is 0 Å². The molecule has 3 heteroatoms. The lowest BCUT2D eigenvalue weighted by Gasteiger charge is -2.38. The fourth-order valence-corrected chi connectivity index (χ4v) is 3.57. The van der Waals surface area contributed by atoms with Crippen molar-refractivity contribution in [2.75, 3.05) is 6.54 Å². The molecule has 0 saturated heterocycles. The molecule has 1 aromatic heterocycles. The molecule has 1 aliphatic rings. The molecule has 0 amide bonds. The molecule has 0 radical (unpaired) electrons. The van der Waals surface area contributed by atoms with Gasteiger partial charge in [-0.3, -0.25) is 4.98 Å². The highest BCUT2D eigenvalue weighted by atomic mass is 79.9. The van der Waals surface area contributed by atoms with Crippen LogP contribution in [0.2, 0.25) is 0 Å². The van der Waals surface area contributed by atoms with Crippen LogP contribution in [0.3, 0.4) is 0 Å². The van der Waals surface area contributed by atoms with Crippen LogP contribution in [0, 0.1) is 0 Å². The highest BCUT2D eigenvalue weighted by Gasteiger charge is 2.35. The predicted octanol–water partition coefficient (Wildman–Crippen LogP) is 3.62. The monoisotopic (exact) mass is 330 g/mol. The number of aryl methyl sites for hydroxylation is 1. The van der Waals surface area contributed by atoms with Gasteiger partial charge in [-0.25, -0.2) is 0 Å². The standard InChI is InChI=1S/C17H19BrN2/c18-14-7-8-15(20-11-14)10-17(12-19)9-3-5-13-4-1-2-6-16(13)17/h1-2,4,6-8,11H,3,5,9-10,12,19H2. The van der Waals surface area contributed by atoms with Gasteiger partial charge in [-0.05, 0) is 58.5 Å². The summed E-state index contributed by atoms with van der Waals surface area (Å²) in [5.74, 6) is 0. The molecule has 0 saturated carbocycles. The summed E-state index contributed by atoms with van der Waals surface area (Å²) < 4.78 is 1.02. The van der Waals surface area contributed by atoms with Crippen molar-refractivity contribution in [2.24, 2.45) is 5.73 Å². The third kappa shape index (κ3) is 2.52. The van der Waals surface area contributed by atoms with Crippen molar-refractivity contribution < 1.29 is 0 Å². The molecular formula is C17H19BrN2. The fraction of sp³-hybridized carbons (Fsp3) is 0.353. The maximum atomic E-state index is 6.19. The highest BCUT2D eigenvalue weighted by molar-refractivity contribution is 9.10. The van der Waals surface area contributed by atoms with E-state index in [9.17, 15) is 0 Å². The molecule has 1 heterocycles. The van der Waals surface area contributed by atoms with Crippen molar-refractivity contribution in [3.05, 3.63) is 63.9 Å². The molecule has 2 nitrogen and oxygen atoms in total. The van der Waals surface area contributed by atoms with Crippen molar-refractivity contribution >= 4 is 15.9 Å². The summed E-state index contributed by atoms with van der Waals surface area (Å²) >= 11 is 3.44. The molecule has 2 aromatic rings. The molecule has 1 atom stereocenters. The average Bonchev–Trinajstić information content (AvgIpc) is 2.50. The summed E-state index contributed by atoms with van der Waals surface area (Å²) in [5.41, 5.74) is 10.3. The van der Waals surface area contributed by atoms with E-state index in [2.05, 4.69) is 57.3 Å². The summed E-state index contributed by atoms with van der Waals surface area (Å²) in [4.78, 5) is 4.54. The van der Waals surface area contributed by atoms with E-state index in [1.165, 1.54) is 24.0 Å². The van der Waals surface area contributed by atoms with Crippen molar-refractivity contribution in [3.8, 4) is 0 Å². The molecule has 1 aromatic carbocycles. The number of hydrogen-bond donors (Lipinski definition) is 1. The Kier molecular flexibility index (Phi) is 3.90. The second kappa shape index (κ2) is 5.66. The van der Waals surface area contributed by atoms with Crippen molar-refractivity contribution in [1.29, 1.82) is 0 Å². The summed E-state index contributed by atoms with van der Waals surface area (Å²) in [6.07, 6.45) is 6.33.